The molecule has 2 heterocycles. The summed E-state index contributed by atoms with van der Waals surface area (Å²) in [4.78, 5) is 8.42. The molecule has 4 nitrogen and oxygen atoms in total. The van der Waals surface area contributed by atoms with Gasteiger partial charge in [0.15, 0.2) is 0 Å². The third-order valence-corrected chi connectivity index (χ3v) is 6.29. The van der Waals surface area contributed by atoms with Crippen molar-refractivity contribution in [3.8, 4) is 11.5 Å². The molecule has 1 saturated carbocycles. The molecule has 0 bridgehead atoms. The highest BCUT2D eigenvalue weighted by molar-refractivity contribution is 5.48. The van der Waals surface area contributed by atoms with Crippen molar-refractivity contribution >= 4 is 0 Å². The van der Waals surface area contributed by atoms with Gasteiger partial charge in [-0.05, 0) is 94.5 Å². The van der Waals surface area contributed by atoms with Crippen LogP contribution in [-0.2, 0) is 0 Å². The second-order valence-electron chi connectivity index (χ2n) is 7.85. The molecular weight excluding hydrogens is 372 g/mol. The van der Waals surface area contributed by atoms with Crippen molar-refractivity contribution in [3.63, 3.8) is 0 Å². The van der Waals surface area contributed by atoms with Crippen LogP contribution in [0.2, 0.25) is 0 Å². The van der Waals surface area contributed by atoms with Gasteiger partial charge < -0.3 is 10.2 Å². The van der Waals surface area contributed by atoms with Crippen LogP contribution >= 0.6 is 0 Å². The number of pyridine rings is 2. The molecule has 1 aliphatic rings. The summed E-state index contributed by atoms with van der Waals surface area (Å²) in [7, 11) is 0. The fourth-order valence-electron chi connectivity index (χ4n) is 4.97. The van der Waals surface area contributed by atoms with Gasteiger partial charge in [-0.15, -0.1) is 0 Å². The Morgan fingerprint density at radius 2 is 0.667 bits per heavy atom. The number of phenols is 2. The van der Waals surface area contributed by atoms with E-state index in [1.807, 2.05) is 49.1 Å². The number of aromatic hydroxyl groups is 2. The molecule has 4 atom stereocenters. The van der Waals surface area contributed by atoms with Gasteiger partial charge in [-0.25, -0.2) is 0 Å². The first-order valence-electron chi connectivity index (χ1n) is 10.1. The summed E-state index contributed by atoms with van der Waals surface area (Å²) in [5, 5.41) is 19.6. The van der Waals surface area contributed by atoms with Gasteiger partial charge in [-0.3, -0.25) is 9.97 Å². The summed E-state index contributed by atoms with van der Waals surface area (Å²) in [6.07, 6.45) is 7.39. The average Bonchev–Trinajstić information content (AvgIpc) is 2.77. The molecule has 0 saturated heterocycles. The lowest BCUT2D eigenvalue weighted by Crippen LogP contribution is -2.40. The van der Waals surface area contributed by atoms with E-state index >= 15 is 0 Å². The van der Waals surface area contributed by atoms with Crippen LogP contribution in [0.1, 0.15) is 45.9 Å². The molecule has 0 unspecified atom stereocenters. The minimum atomic E-state index is 0.232. The van der Waals surface area contributed by atoms with E-state index in [2.05, 4.69) is 34.2 Å². The van der Waals surface area contributed by atoms with Gasteiger partial charge in [-0.2, -0.15) is 0 Å². The molecule has 2 aromatic carbocycles. The molecule has 0 amide bonds. The zero-order chi connectivity index (χ0) is 20.5. The fraction of sp³-hybridized carbons (Fsp3) is 0.154. The van der Waals surface area contributed by atoms with Crippen LogP contribution in [0.4, 0.5) is 0 Å². The summed E-state index contributed by atoms with van der Waals surface area (Å²) in [6.45, 7) is 0. The normalized spacial score (nSPS) is 22.9. The van der Waals surface area contributed by atoms with E-state index in [1.54, 1.807) is 24.3 Å². The van der Waals surface area contributed by atoms with E-state index in [4.69, 9.17) is 0 Å². The summed E-state index contributed by atoms with van der Waals surface area (Å²) in [6, 6.07) is 23.5. The van der Waals surface area contributed by atoms with Crippen molar-refractivity contribution in [2.24, 2.45) is 0 Å². The molecule has 2 aromatic heterocycles. The van der Waals surface area contributed by atoms with Crippen LogP contribution in [0.25, 0.3) is 0 Å². The predicted molar refractivity (Wildman–Crippen MR) is 116 cm³/mol. The van der Waals surface area contributed by atoms with Crippen molar-refractivity contribution in [1.29, 1.82) is 0 Å². The smallest absolute Gasteiger partial charge is 0.115 e. The van der Waals surface area contributed by atoms with Crippen LogP contribution in [0, 0.1) is 0 Å². The molecule has 1 aliphatic carbocycles. The topological polar surface area (TPSA) is 66.2 Å². The maximum atomic E-state index is 9.81. The number of hydrogen-bond acceptors (Lipinski definition) is 4. The Morgan fingerprint density at radius 1 is 0.400 bits per heavy atom. The Labute approximate surface area is 175 Å². The maximum Gasteiger partial charge on any atom is 0.115 e. The summed E-state index contributed by atoms with van der Waals surface area (Å²) >= 11 is 0. The molecule has 4 heteroatoms. The van der Waals surface area contributed by atoms with E-state index in [9.17, 15) is 10.2 Å². The van der Waals surface area contributed by atoms with Gasteiger partial charge in [0.05, 0.1) is 0 Å². The van der Waals surface area contributed by atoms with Crippen LogP contribution in [0.5, 0.6) is 11.5 Å². The van der Waals surface area contributed by atoms with Crippen molar-refractivity contribution < 1.29 is 10.2 Å². The molecule has 148 valence electrons. The van der Waals surface area contributed by atoms with Gasteiger partial charge in [0.25, 0.3) is 0 Å². The lowest BCUT2D eigenvalue weighted by molar-refractivity contribution is 0.228. The second-order valence-corrected chi connectivity index (χ2v) is 7.85. The molecule has 0 radical (unpaired) electrons. The zero-order valence-electron chi connectivity index (χ0n) is 16.3. The number of benzene rings is 2. The van der Waals surface area contributed by atoms with Gasteiger partial charge in [0, 0.05) is 24.8 Å². The predicted octanol–water partition coefficient (Wildman–Crippen LogP) is 5.34. The number of phenolic OH excluding ortho intramolecular Hbond substituents is 2. The monoisotopic (exact) mass is 394 g/mol. The molecule has 2 N–H and O–H groups in total. The highest BCUT2D eigenvalue weighted by Gasteiger charge is 2.52. The maximum absolute atomic E-state index is 9.81. The molecule has 5 rings (SSSR count). The van der Waals surface area contributed by atoms with E-state index in [-0.39, 0.29) is 35.2 Å². The largest absolute Gasteiger partial charge is 0.508 e. The third kappa shape index (κ3) is 3.20. The Morgan fingerprint density at radius 3 is 0.967 bits per heavy atom. The second kappa shape index (κ2) is 7.64. The van der Waals surface area contributed by atoms with Gasteiger partial charge in [0.2, 0.25) is 0 Å². The number of nitrogens with zero attached hydrogens (tertiary/aromatic N) is 2. The third-order valence-electron chi connectivity index (χ3n) is 6.29. The number of aromatic nitrogens is 2. The Hall–Kier alpha value is -3.66. The average molecular weight is 394 g/mol. The summed E-state index contributed by atoms with van der Waals surface area (Å²) < 4.78 is 0. The van der Waals surface area contributed by atoms with E-state index < -0.39 is 0 Å². The molecule has 0 spiro atoms. The molecule has 4 aromatic rings. The van der Waals surface area contributed by atoms with Crippen LogP contribution in [0.15, 0.2) is 97.6 Å². The Balaban J connectivity index is 1.67. The Kier molecular flexibility index (Phi) is 4.68. The lowest BCUT2D eigenvalue weighted by atomic mass is 9.49. The quantitative estimate of drug-likeness (QED) is 0.491. The van der Waals surface area contributed by atoms with Crippen LogP contribution in [-0.4, -0.2) is 20.2 Å². The standard InChI is InChI=1S/C26H22N2O2/c29-21-5-1-17(2-6-21)23-24(18-3-7-22(30)8-4-18)26(20-11-15-28-16-12-20)25(23)19-9-13-27-14-10-19/h1-16,23-26,29-30H/t23-,24+,25+,26-. The van der Waals surface area contributed by atoms with E-state index in [0.29, 0.717) is 0 Å². The summed E-state index contributed by atoms with van der Waals surface area (Å²) in [5.41, 5.74) is 4.89. The van der Waals surface area contributed by atoms with E-state index in [1.165, 1.54) is 22.3 Å². The van der Waals surface area contributed by atoms with Crippen molar-refractivity contribution in [2.45, 2.75) is 23.7 Å². The summed E-state index contributed by atoms with van der Waals surface area (Å²) in [5.74, 6) is 1.53. The van der Waals surface area contributed by atoms with Gasteiger partial charge in [-0.1, -0.05) is 24.3 Å². The lowest BCUT2D eigenvalue weighted by Gasteiger charge is -2.53. The molecule has 0 aliphatic heterocycles. The SMILES string of the molecule is Oc1ccc([C@@H]2[C@@H](c3ccncc3)[C@@H](c3ccncc3)[C@@H]2c2ccc(O)cc2)cc1. The van der Waals surface area contributed by atoms with Crippen LogP contribution < -0.4 is 0 Å². The Bertz CT molecular complexity index is 1020. The highest BCUT2D eigenvalue weighted by atomic mass is 16.3. The van der Waals surface area contributed by atoms with Gasteiger partial charge in [0.1, 0.15) is 11.5 Å². The van der Waals surface area contributed by atoms with Crippen molar-refractivity contribution in [3.05, 3.63) is 120 Å². The first-order chi connectivity index (χ1) is 14.7. The first kappa shape index (κ1) is 18.4. The first-order valence-corrected chi connectivity index (χ1v) is 10.1. The molecular formula is C26H22N2O2. The van der Waals surface area contributed by atoms with Crippen molar-refractivity contribution in [1.82, 2.24) is 9.97 Å². The number of hydrogen-bond donors (Lipinski definition) is 2. The van der Waals surface area contributed by atoms with Gasteiger partial charge >= 0.3 is 0 Å². The van der Waals surface area contributed by atoms with E-state index in [0.717, 1.165) is 0 Å². The van der Waals surface area contributed by atoms with Crippen molar-refractivity contribution in [2.75, 3.05) is 0 Å². The molecule has 30 heavy (non-hydrogen) atoms. The van der Waals surface area contributed by atoms with Crippen LogP contribution in [0.3, 0.4) is 0 Å². The highest BCUT2D eigenvalue weighted by Crippen LogP contribution is 2.66. The fourth-order valence-corrected chi connectivity index (χ4v) is 4.97. The minimum Gasteiger partial charge on any atom is -0.508 e. The minimum absolute atomic E-state index is 0.232. The molecule has 1 fully saturated rings. The zero-order valence-corrected chi connectivity index (χ0v) is 16.3. The number of rotatable bonds is 4.